The molecule has 1 aromatic heterocycles. The number of aromatic nitrogens is 1. The lowest BCUT2D eigenvalue weighted by Gasteiger charge is -2.24. The molecule has 0 amide bonds. The summed E-state index contributed by atoms with van der Waals surface area (Å²) in [4.78, 5) is 4.10. The molecule has 2 heterocycles. The van der Waals surface area contributed by atoms with Gasteiger partial charge in [0.05, 0.1) is 5.60 Å². The van der Waals surface area contributed by atoms with E-state index in [1.165, 1.54) is 0 Å². The smallest absolute Gasteiger partial charge is 0.0869 e. The molecule has 0 aliphatic carbocycles. The summed E-state index contributed by atoms with van der Waals surface area (Å²) in [6.07, 6.45) is 4.53. The number of rotatable bonds is 4. The predicted molar refractivity (Wildman–Crippen MR) is 67.5 cm³/mol. The first-order chi connectivity index (χ1) is 7.70. The van der Waals surface area contributed by atoms with Gasteiger partial charge in [0.15, 0.2) is 0 Å². The maximum atomic E-state index is 10.2. The van der Waals surface area contributed by atoms with E-state index in [0.29, 0.717) is 6.54 Å². The molecule has 2 rings (SSSR count). The Kier molecular flexibility index (Phi) is 3.84. The summed E-state index contributed by atoms with van der Waals surface area (Å²) in [5, 5.41) is 13.6. The van der Waals surface area contributed by atoms with Crippen molar-refractivity contribution in [2.75, 3.05) is 18.1 Å². The van der Waals surface area contributed by atoms with Crippen molar-refractivity contribution >= 4 is 11.8 Å². The Bertz CT molecular complexity index is 325. The van der Waals surface area contributed by atoms with Crippen LogP contribution in [-0.2, 0) is 0 Å². The monoisotopic (exact) mass is 238 g/mol. The second kappa shape index (κ2) is 5.17. The van der Waals surface area contributed by atoms with E-state index in [2.05, 4.69) is 23.3 Å². The highest BCUT2D eigenvalue weighted by atomic mass is 32.2. The molecule has 4 heteroatoms. The fraction of sp³-hybridized carbons (Fsp3) is 0.583. The first kappa shape index (κ1) is 11.9. The molecule has 0 saturated carbocycles. The van der Waals surface area contributed by atoms with Gasteiger partial charge < -0.3 is 10.4 Å². The molecule has 1 aliphatic rings. The molecule has 0 spiro atoms. The maximum absolute atomic E-state index is 10.2. The van der Waals surface area contributed by atoms with Crippen molar-refractivity contribution in [3.05, 3.63) is 30.1 Å². The normalized spacial score (nSPS) is 26.9. The van der Waals surface area contributed by atoms with Crippen LogP contribution in [0.5, 0.6) is 0 Å². The van der Waals surface area contributed by atoms with Crippen molar-refractivity contribution in [2.24, 2.45) is 0 Å². The zero-order valence-corrected chi connectivity index (χ0v) is 10.3. The third-order valence-corrected chi connectivity index (χ3v) is 4.24. The van der Waals surface area contributed by atoms with Crippen LogP contribution >= 0.6 is 11.8 Å². The summed E-state index contributed by atoms with van der Waals surface area (Å²) in [7, 11) is 0. The number of nitrogens with zero attached hydrogens (tertiary/aromatic N) is 1. The topological polar surface area (TPSA) is 45.1 Å². The van der Waals surface area contributed by atoms with Crippen LogP contribution in [0.15, 0.2) is 24.5 Å². The number of nitrogens with one attached hydrogen (secondary N) is 1. The van der Waals surface area contributed by atoms with Gasteiger partial charge in [0.25, 0.3) is 0 Å². The van der Waals surface area contributed by atoms with E-state index in [1.807, 2.05) is 24.0 Å². The zero-order valence-electron chi connectivity index (χ0n) is 9.52. The zero-order chi connectivity index (χ0) is 11.4. The molecule has 1 fully saturated rings. The van der Waals surface area contributed by atoms with E-state index in [4.69, 9.17) is 0 Å². The van der Waals surface area contributed by atoms with Gasteiger partial charge in [-0.1, -0.05) is 6.07 Å². The molecule has 1 aromatic rings. The minimum atomic E-state index is -0.513. The third kappa shape index (κ3) is 2.97. The quantitative estimate of drug-likeness (QED) is 0.836. The van der Waals surface area contributed by atoms with Crippen molar-refractivity contribution in [3.63, 3.8) is 0 Å². The highest BCUT2D eigenvalue weighted by Gasteiger charge is 2.31. The van der Waals surface area contributed by atoms with Crippen molar-refractivity contribution in [1.29, 1.82) is 0 Å². The van der Waals surface area contributed by atoms with E-state index in [0.717, 1.165) is 23.5 Å². The molecule has 16 heavy (non-hydrogen) atoms. The first-order valence-corrected chi connectivity index (χ1v) is 6.78. The Labute approximate surface area is 101 Å². The predicted octanol–water partition coefficient (Wildman–Crippen LogP) is 1.60. The highest BCUT2D eigenvalue weighted by Crippen LogP contribution is 2.27. The van der Waals surface area contributed by atoms with Crippen molar-refractivity contribution in [2.45, 2.75) is 25.0 Å². The van der Waals surface area contributed by atoms with Crippen LogP contribution in [-0.4, -0.2) is 33.7 Å². The van der Waals surface area contributed by atoms with Crippen LogP contribution in [0, 0.1) is 0 Å². The molecule has 0 bridgehead atoms. The van der Waals surface area contributed by atoms with E-state index in [1.54, 1.807) is 6.20 Å². The summed E-state index contributed by atoms with van der Waals surface area (Å²) in [5.74, 6) is 1.92. The van der Waals surface area contributed by atoms with Crippen molar-refractivity contribution in [1.82, 2.24) is 10.3 Å². The second-order valence-corrected chi connectivity index (χ2v) is 5.52. The van der Waals surface area contributed by atoms with Gasteiger partial charge in [-0.05, 0) is 30.7 Å². The average Bonchev–Trinajstić information content (AvgIpc) is 2.75. The van der Waals surface area contributed by atoms with Crippen LogP contribution in [0.3, 0.4) is 0 Å². The second-order valence-electron chi connectivity index (χ2n) is 4.42. The van der Waals surface area contributed by atoms with Crippen LogP contribution in [0.1, 0.15) is 24.9 Å². The molecule has 2 unspecified atom stereocenters. The maximum Gasteiger partial charge on any atom is 0.0869 e. The molecular formula is C12H18N2OS. The Balaban J connectivity index is 1.86. The van der Waals surface area contributed by atoms with Gasteiger partial charge >= 0.3 is 0 Å². The van der Waals surface area contributed by atoms with Crippen molar-refractivity contribution < 1.29 is 5.11 Å². The average molecular weight is 238 g/mol. The van der Waals surface area contributed by atoms with Crippen molar-refractivity contribution in [3.8, 4) is 0 Å². The van der Waals surface area contributed by atoms with Gasteiger partial charge in [0, 0.05) is 30.7 Å². The van der Waals surface area contributed by atoms with E-state index in [-0.39, 0.29) is 6.04 Å². The van der Waals surface area contributed by atoms with Gasteiger partial charge in [-0.3, -0.25) is 4.98 Å². The molecule has 0 radical (unpaired) electrons. The lowest BCUT2D eigenvalue weighted by atomic mass is 10.0. The molecule has 0 aromatic carbocycles. The molecule has 88 valence electrons. The lowest BCUT2D eigenvalue weighted by Crippen LogP contribution is -2.41. The van der Waals surface area contributed by atoms with Gasteiger partial charge in [-0.15, -0.1) is 0 Å². The van der Waals surface area contributed by atoms with Crippen LogP contribution in [0.4, 0.5) is 0 Å². The number of aliphatic hydroxyl groups is 1. The number of thioether (sulfide) groups is 1. The summed E-state index contributed by atoms with van der Waals surface area (Å²) in [6.45, 7) is 2.76. The molecule has 2 atom stereocenters. The molecule has 2 N–H and O–H groups in total. The summed E-state index contributed by atoms with van der Waals surface area (Å²) in [6, 6.07) is 4.23. The summed E-state index contributed by atoms with van der Waals surface area (Å²) in [5.41, 5.74) is 0.651. The van der Waals surface area contributed by atoms with Gasteiger partial charge in [-0.2, -0.15) is 11.8 Å². The SMILES string of the molecule is CC(NCC1(O)CCSC1)c1cccnc1. The lowest BCUT2D eigenvalue weighted by molar-refractivity contribution is 0.0651. The number of hydrogen-bond acceptors (Lipinski definition) is 4. The Hall–Kier alpha value is -0.580. The molecular weight excluding hydrogens is 220 g/mol. The summed E-state index contributed by atoms with van der Waals surface area (Å²) >= 11 is 1.83. The Morgan fingerprint density at radius 3 is 3.19 bits per heavy atom. The van der Waals surface area contributed by atoms with Gasteiger partial charge in [0.1, 0.15) is 0 Å². The van der Waals surface area contributed by atoms with Gasteiger partial charge in [-0.25, -0.2) is 0 Å². The standard InChI is InChI=1S/C12H18N2OS/c1-10(11-3-2-5-13-7-11)14-8-12(15)4-6-16-9-12/h2-3,5,7,10,14-15H,4,6,8-9H2,1H3. The van der Waals surface area contributed by atoms with Gasteiger partial charge in [0.2, 0.25) is 0 Å². The fourth-order valence-electron chi connectivity index (χ4n) is 1.83. The summed E-state index contributed by atoms with van der Waals surface area (Å²) < 4.78 is 0. The Morgan fingerprint density at radius 2 is 2.56 bits per heavy atom. The molecule has 1 aliphatic heterocycles. The van der Waals surface area contributed by atoms with Crippen LogP contribution in [0.25, 0.3) is 0 Å². The minimum Gasteiger partial charge on any atom is -0.388 e. The van der Waals surface area contributed by atoms with E-state index in [9.17, 15) is 5.11 Å². The minimum absolute atomic E-state index is 0.239. The Morgan fingerprint density at radius 1 is 1.69 bits per heavy atom. The third-order valence-electron chi connectivity index (χ3n) is 3.00. The fourth-order valence-corrected chi connectivity index (χ4v) is 3.12. The first-order valence-electron chi connectivity index (χ1n) is 5.63. The van der Waals surface area contributed by atoms with E-state index < -0.39 is 5.60 Å². The number of pyridine rings is 1. The number of hydrogen-bond donors (Lipinski definition) is 2. The van der Waals surface area contributed by atoms with E-state index >= 15 is 0 Å². The largest absolute Gasteiger partial charge is 0.388 e. The molecule has 1 saturated heterocycles. The van der Waals surface area contributed by atoms with Crippen LogP contribution in [0.2, 0.25) is 0 Å². The van der Waals surface area contributed by atoms with Crippen LogP contribution < -0.4 is 5.32 Å². The highest BCUT2D eigenvalue weighted by molar-refractivity contribution is 7.99. The molecule has 3 nitrogen and oxygen atoms in total.